The van der Waals surface area contributed by atoms with Gasteiger partial charge in [0.1, 0.15) is 0 Å². The maximum Gasteiger partial charge on any atom is 0.334 e. The maximum absolute atomic E-state index is 10.8. The standard InChI is InChI=1S/C12H19NO3/c1-2-3-9-4-6-12(8-13,7-5-9)10(14)11(15)16/h9-10,14H,2-7H2,1H3,(H,15,16). The molecule has 0 aromatic heterocycles. The molecule has 1 rings (SSSR count). The van der Waals surface area contributed by atoms with Gasteiger partial charge in [0.05, 0.1) is 11.5 Å². The maximum atomic E-state index is 10.8. The van der Waals surface area contributed by atoms with Crippen LogP contribution in [-0.2, 0) is 4.79 Å². The van der Waals surface area contributed by atoms with Crippen LogP contribution in [0.5, 0.6) is 0 Å². The first-order valence-electron chi connectivity index (χ1n) is 5.88. The Kier molecular flexibility index (Phi) is 4.31. The molecule has 4 nitrogen and oxygen atoms in total. The summed E-state index contributed by atoms with van der Waals surface area (Å²) in [6.45, 7) is 2.12. The topological polar surface area (TPSA) is 81.3 Å². The van der Waals surface area contributed by atoms with Crippen molar-refractivity contribution in [1.82, 2.24) is 0 Å². The number of nitriles is 1. The van der Waals surface area contributed by atoms with Crippen molar-refractivity contribution >= 4 is 5.97 Å². The highest BCUT2D eigenvalue weighted by molar-refractivity contribution is 5.73. The van der Waals surface area contributed by atoms with Crippen LogP contribution in [0, 0.1) is 22.7 Å². The van der Waals surface area contributed by atoms with Crippen LogP contribution in [0.25, 0.3) is 0 Å². The quantitative estimate of drug-likeness (QED) is 0.766. The van der Waals surface area contributed by atoms with Gasteiger partial charge in [-0.3, -0.25) is 0 Å². The monoisotopic (exact) mass is 225 g/mol. The second kappa shape index (κ2) is 5.31. The van der Waals surface area contributed by atoms with E-state index in [1.807, 2.05) is 6.07 Å². The third-order valence-corrected chi connectivity index (χ3v) is 3.67. The lowest BCUT2D eigenvalue weighted by Gasteiger charge is -2.36. The van der Waals surface area contributed by atoms with E-state index in [4.69, 9.17) is 10.4 Å². The second-order valence-electron chi connectivity index (χ2n) is 4.74. The van der Waals surface area contributed by atoms with Gasteiger partial charge in [-0.2, -0.15) is 5.26 Å². The van der Waals surface area contributed by atoms with Crippen LogP contribution in [0.2, 0.25) is 0 Å². The first-order valence-corrected chi connectivity index (χ1v) is 5.88. The molecule has 0 aromatic carbocycles. The zero-order valence-corrected chi connectivity index (χ0v) is 9.65. The Morgan fingerprint density at radius 1 is 1.56 bits per heavy atom. The van der Waals surface area contributed by atoms with Gasteiger partial charge in [-0.1, -0.05) is 19.8 Å². The average molecular weight is 225 g/mol. The third kappa shape index (κ3) is 2.53. The predicted octanol–water partition coefficient (Wildman–Crippen LogP) is 1.93. The molecule has 2 N–H and O–H groups in total. The summed E-state index contributed by atoms with van der Waals surface area (Å²) in [7, 11) is 0. The minimum atomic E-state index is -1.54. The molecule has 1 fully saturated rings. The number of carbonyl (C=O) groups is 1. The molecule has 0 radical (unpaired) electrons. The summed E-state index contributed by atoms with van der Waals surface area (Å²) < 4.78 is 0. The molecule has 0 spiro atoms. The Balaban J connectivity index is 2.66. The lowest BCUT2D eigenvalue weighted by Crippen LogP contribution is -2.42. The normalized spacial score (nSPS) is 31.7. The summed E-state index contributed by atoms with van der Waals surface area (Å²) in [5.41, 5.74) is -1.06. The van der Waals surface area contributed by atoms with Gasteiger partial charge < -0.3 is 10.2 Å². The van der Waals surface area contributed by atoms with E-state index in [2.05, 4.69) is 6.92 Å². The fraction of sp³-hybridized carbons (Fsp3) is 0.833. The number of carboxylic acid groups (broad SMARTS) is 1. The summed E-state index contributed by atoms with van der Waals surface area (Å²) in [5, 5.41) is 27.5. The summed E-state index contributed by atoms with van der Waals surface area (Å²) in [5.74, 6) is -0.692. The van der Waals surface area contributed by atoms with Crippen molar-refractivity contribution in [1.29, 1.82) is 5.26 Å². The summed E-state index contributed by atoms with van der Waals surface area (Å²) in [4.78, 5) is 10.8. The first-order chi connectivity index (χ1) is 7.55. The zero-order chi connectivity index (χ0) is 12.2. The van der Waals surface area contributed by atoms with Gasteiger partial charge in [0.2, 0.25) is 0 Å². The Labute approximate surface area is 95.9 Å². The van der Waals surface area contributed by atoms with Crippen molar-refractivity contribution in [2.24, 2.45) is 11.3 Å². The van der Waals surface area contributed by atoms with Crippen LogP contribution in [0.3, 0.4) is 0 Å². The molecule has 16 heavy (non-hydrogen) atoms. The van der Waals surface area contributed by atoms with E-state index in [-0.39, 0.29) is 0 Å². The van der Waals surface area contributed by atoms with Crippen molar-refractivity contribution in [3.63, 3.8) is 0 Å². The molecular formula is C12H19NO3. The van der Waals surface area contributed by atoms with Gasteiger partial charge in [0.15, 0.2) is 6.10 Å². The summed E-state index contributed by atoms with van der Waals surface area (Å²) in [6.07, 6.45) is 3.41. The molecule has 0 aliphatic heterocycles. The third-order valence-electron chi connectivity index (χ3n) is 3.67. The van der Waals surface area contributed by atoms with Gasteiger partial charge in [-0.15, -0.1) is 0 Å². The fourth-order valence-corrected chi connectivity index (χ4v) is 2.57. The van der Waals surface area contributed by atoms with E-state index in [1.54, 1.807) is 0 Å². The van der Waals surface area contributed by atoms with Gasteiger partial charge in [0.25, 0.3) is 0 Å². The minimum absolute atomic E-state index is 0.502. The molecule has 0 bridgehead atoms. The lowest BCUT2D eigenvalue weighted by atomic mass is 9.67. The van der Waals surface area contributed by atoms with Crippen LogP contribution >= 0.6 is 0 Å². The molecule has 1 unspecified atom stereocenters. The Morgan fingerprint density at radius 3 is 2.50 bits per heavy atom. The van der Waals surface area contributed by atoms with Gasteiger partial charge >= 0.3 is 5.97 Å². The highest BCUT2D eigenvalue weighted by Gasteiger charge is 2.45. The fourth-order valence-electron chi connectivity index (χ4n) is 2.57. The van der Waals surface area contributed by atoms with E-state index in [9.17, 15) is 9.90 Å². The molecule has 1 atom stereocenters. The average Bonchev–Trinajstić information content (AvgIpc) is 2.30. The Bertz CT molecular complexity index is 287. The van der Waals surface area contributed by atoms with E-state index in [0.717, 1.165) is 25.7 Å². The minimum Gasteiger partial charge on any atom is -0.479 e. The molecule has 90 valence electrons. The molecule has 1 saturated carbocycles. The summed E-state index contributed by atoms with van der Waals surface area (Å²) >= 11 is 0. The Hall–Kier alpha value is -1.08. The number of rotatable bonds is 4. The molecule has 1 aliphatic carbocycles. The highest BCUT2D eigenvalue weighted by atomic mass is 16.4. The van der Waals surface area contributed by atoms with Crippen LogP contribution in [0.15, 0.2) is 0 Å². The molecule has 4 heteroatoms. The first kappa shape index (κ1) is 13.0. The van der Waals surface area contributed by atoms with E-state index in [1.165, 1.54) is 0 Å². The van der Waals surface area contributed by atoms with E-state index >= 15 is 0 Å². The number of aliphatic hydroxyl groups is 1. The number of aliphatic hydroxyl groups excluding tert-OH is 1. The van der Waals surface area contributed by atoms with Crippen molar-refractivity contribution in [2.75, 3.05) is 0 Å². The lowest BCUT2D eigenvalue weighted by molar-refractivity contribution is -0.153. The SMILES string of the molecule is CCCC1CCC(C#N)(C(O)C(=O)O)CC1. The number of aliphatic carboxylic acids is 1. The Morgan fingerprint density at radius 2 is 2.12 bits per heavy atom. The van der Waals surface area contributed by atoms with Crippen LogP contribution < -0.4 is 0 Å². The van der Waals surface area contributed by atoms with E-state index in [0.29, 0.717) is 18.8 Å². The molecule has 0 heterocycles. The smallest absolute Gasteiger partial charge is 0.334 e. The van der Waals surface area contributed by atoms with Gasteiger partial charge in [0, 0.05) is 0 Å². The molecule has 0 saturated heterocycles. The number of hydrogen-bond acceptors (Lipinski definition) is 3. The molecular weight excluding hydrogens is 206 g/mol. The van der Waals surface area contributed by atoms with Gasteiger partial charge in [-0.25, -0.2) is 4.79 Å². The van der Waals surface area contributed by atoms with Crippen LogP contribution in [-0.4, -0.2) is 22.3 Å². The second-order valence-corrected chi connectivity index (χ2v) is 4.74. The number of carboxylic acids is 1. The summed E-state index contributed by atoms with van der Waals surface area (Å²) in [6, 6.07) is 2.03. The van der Waals surface area contributed by atoms with Crippen LogP contribution in [0.4, 0.5) is 0 Å². The molecule has 0 aromatic rings. The van der Waals surface area contributed by atoms with Crippen molar-refractivity contribution in [3.05, 3.63) is 0 Å². The van der Waals surface area contributed by atoms with E-state index < -0.39 is 17.5 Å². The van der Waals surface area contributed by atoms with Crippen LogP contribution in [0.1, 0.15) is 45.4 Å². The number of hydrogen-bond donors (Lipinski definition) is 2. The highest BCUT2D eigenvalue weighted by Crippen LogP contribution is 2.42. The molecule has 1 aliphatic rings. The van der Waals surface area contributed by atoms with Crippen molar-refractivity contribution < 1.29 is 15.0 Å². The van der Waals surface area contributed by atoms with Crippen molar-refractivity contribution in [2.45, 2.75) is 51.6 Å². The predicted molar refractivity (Wildman–Crippen MR) is 58.6 cm³/mol. The zero-order valence-electron chi connectivity index (χ0n) is 9.65. The number of nitrogens with zero attached hydrogens (tertiary/aromatic N) is 1. The largest absolute Gasteiger partial charge is 0.479 e. The molecule has 0 amide bonds. The van der Waals surface area contributed by atoms with Crippen molar-refractivity contribution in [3.8, 4) is 6.07 Å². The van der Waals surface area contributed by atoms with Gasteiger partial charge in [-0.05, 0) is 31.6 Å².